The number of esters is 3. The fraction of sp³-hybridized carbons (Fsp3) is 0.687. The Morgan fingerprint density at radius 2 is 0.507 bits per heavy atom. The van der Waals surface area contributed by atoms with E-state index in [1.54, 1.807) is 0 Å². The highest BCUT2D eigenvalue weighted by molar-refractivity contribution is 5.71. The predicted octanol–water partition coefficient (Wildman–Crippen LogP) is 20.7. The Morgan fingerprint density at radius 3 is 0.863 bits per heavy atom. The van der Waals surface area contributed by atoms with Crippen molar-refractivity contribution in [2.45, 2.75) is 284 Å². The van der Waals surface area contributed by atoms with Crippen LogP contribution in [0.4, 0.5) is 0 Å². The van der Waals surface area contributed by atoms with Gasteiger partial charge >= 0.3 is 17.9 Å². The second-order valence-electron chi connectivity index (χ2n) is 19.9. The highest BCUT2D eigenvalue weighted by Gasteiger charge is 2.19. The van der Waals surface area contributed by atoms with E-state index in [0.717, 1.165) is 83.5 Å². The first kappa shape index (κ1) is 69.1. The van der Waals surface area contributed by atoms with Crippen LogP contribution in [0.3, 0.4) is 0 Å². The van der Waals surface area contributed by atoms with Crippen LogP contribution >= 0.6 is 0 Å². The molecule has 73 heavy (non-hydrogen) atoms. The molecule has 0 bridgehead atoms. The maximum Gasteiger partial charge on any atom is 0.306 e. The zero-order valence-corrected chi connectivity index (χ0v) is 47.6. The van der Waals surface area contributed by atoms with Gasteiger partial charge in [0, 0.05) is 19.3 Å². The number of allylic oxidation sites excluding steroid dienone is 18. The largest absolute Gasteiger partial charge is 0.462 e. The summed E-state index contributed by atoms with van der Waals surface area (Å²) in [5.41, 5.74) is 0. The predicted molar refractivity (Wildman–Crippen MR) is 316 cm³/mol. The summed E-state index contributed by atoms with van der Waals surface area (Å²) in [7, 11) is 0. The Balaban J connectivity index is 4.53. The summed E-state index contributed by atoms with van der Waals surface area (Å²) in [5, 5.41) is 0. The Bertz CT molecular complexity index is 1490. The molecule has 0 aromatic heterocycles. The van der Waals surface area contributed by atoms with E-state index in [4.69, 9.17) is 14.2 Å². The highest BCUT2D eigenvalue weighted by Crippen LogP contribution is 2.14. The third-order valence-electron chi connectivity index (χ3n) is 12.7. The van der Waals surface area contributed by atoms with Gasteiger partial charge in [-0.2, -0.15) is 0 Å². The van der Waals surface area contributed by atoms with E-state index in [1.165, 1.54) is 141 Å². The molecule has 416 valence electrons. The van der Waals surface area contributed by atoms with Gasteiger partial charge in [-0.15, -0.1) is 0 Å². The Morgan fingerprint density at radius 1 is 0.274 bits per heavy atom. The van der Waals surface area contributed by atoms with Crippen LogP contribution in [0.5, 0.6) is 0 Å². The summed E-state index contributed by atoms with van der Waals surface area (Å²) in [6, 6.07) is 0. The number of ether oxygens (including phenoxy) is 3. The van der Waals surface area contributed by atoms with Crippen molar-refractivity contribution in [3.8, 4) is 0 Å². The average Bonchev–Trinajstić information content (AvgIpc) is 3.39. The zero-order valence-electron chi connectivity index (χ0n) is 47.6. The third kappa shape index (κ3) is 58.8. The second-order valence-corrected chi connectivity index (χ2v) is 19.9. The van der Waals surface area contributed by atoms with Crippen molar-refractivity contribution in [3.63, 3.8) is 0 Å². The molecule has 0 unspecified atom stereocenters. The van der Waals surface area contributed by atoms with Gasteiger partial charge < -0.3 is 14.2 Å². The lowest BCUT2D eigenvalue weighted by Gasteiger charge is -2.18. The van der Waals surface area contributed by atoms with Crippen molar-refractivity contribution in [1.82, 2.24) is 0 Å². The molecule has 6 nitrogen and oxygen atoms in total. The molecule has 0 N–H and O–H groups in total. The molecule has 0 saturated carbocycles. The maximum atomic E-state index is 12.9. The van der Waals surface area contributed by atoms with E-state index >= 15 is 0 Å². The molecule has 0 spiro atoms. The van der Waals surface area contributed by atoms with E-state index in [9.17, 15) is 14.4 Å². The Hall–Kier alpha value is -3.93. The molecule has 0 saturated heterocycles. The van der Waals surface area contributed by atoms with Gasteiger partial charge in [0.15, 0.2) is 6.10 Å². The number of hydrogen-bond donors (Lipinski definition) is 0. The molecule has 0 rings (SSSR count). The molecule has 0 heterocycles. The number of hydrogen-bond acceptors (Lipinski definition) is 6. The molecular formula is C67H112O6. The standard InChI is InChI=1S/C67H112O6/c1-4-7-10-13-16-19-22-25-28-31-33-36-39-42-45-48-51-54-57-60-66(69)72-63-64(62-71-65(68)59-56-53-50-47-44-41-38-35-30-27-24-21-18-15-12-9-6-3)73-67(70)61-58-55-52-49-46-43-40-37-34-32-29-26-23-20-17-14-11-8-5-2/h16-17,19-20,25-30,34,37-38,41,43,46-47,50,64H,4-15,18,21-24,31-33,35-36,39-40,42,44-45,48-49,51-63H2,1-3H3/b19-16-,20-17-,28-25-,29-26-,30-27-,37-34-,41-38-,46-43-,50-47-/t64-/m0/s1. The van der Waals surface area contributed by atoms with E-state index in [0.29, 0.717) is 19.3 Å². The van der Waals surface area contributed by atoms with Crippen LogP contribution in [0.25, 0.3) is 0 Å². The molecular weight excluding hydrogens is 901 g/mol. The summed E-state index contributed by atoms with van der Waals surface area (Å²) in [5.74, 6) is -0.997. The number of carbonyl (C=O) groups excluding carboxylic acids is 3. The lowest BCUT2D eigenvalue weighted by molar-refractivity contribution is -0.167. The summed E-state index contributed by atoms with van der Waals surface area (Å²) < 4.78 is 16.8. The van der Waals surface area contributed by atoms with Crippen molar-refractivity contribution < 1.29 is 28.6 Å². The summed E-state index contributed by atoms with van der Waals surface area (Å²) in [6.07, 6.45) is 82.3. The van der Waals surface area contributed by atoms with Gasteiger partial charge in [0.1, 0.15) is 13.2 Å². The average molecular weight is 1010 g/mol. The van der Waals surface area contributed by atoms with Gasteiger partial charge in [-0.3, -0.25) is 14.4 Å². The molecule has 1 atom stereocenters. The molecule has 0 aromatic carbocycles. The minimum Gasteiger partial charge on any atom is -0.462 e. The van der Waals surface area contributed by atoms with Gasteiger partial charge in [0.05, 0.1) is 0 Å². The molecule has 0 aliphatic rings. The minimum atomic E-state index is -0.820. The van der Waals surface area contributed by atoms with Gasteiger partial charge in [0.25, 0.3) is 0 Å². The van der Waals surface area contributed by atoms with Crippen LogP contribution in [-0.4, -0.2) is 37.2 Å². The second kappa shape index (κ2) is 60.6. The van der Waals surface area contributed by atoms with E-state index in [2.05, 4.69) is 130 Å². The monoisotopic (exact) mass is 1010 g/mol. The zero-order chi connectivity index (χ0) is 52.9. The van der Waals surface area contributed by atoms with Crippen molar-refractivity contribution in [2.75, 3.05) is 13.2 Å². The van der Waals surface area contributed by atoms with E-state index < -0.39 is 6.10 Å². The smallest absolute Gasteiger partial charge is 0.306 e. The van der Waals surface area contributed by atoms with E-state index in [1.807, 2.05) is 0 Å². The first-order chi connectivity index (χ1) is 36.0. The molecule has 0 aliphatic heterocycles. The van der Waals surface area contributed by atoms with Crippen molar-refractivity contribution in [3.05, 3.63) is 109 Å². The number of rotatable bonds is 54. The van der Waals surface area contributed by atoms with Crippen molar-refractivity contribution in [2.24, 2.45) is 0 Å². The van der Waals surface area contributed by atoms with Crippen LogP contribution < -0.4 is 0 Å². The summed E-state index contributed by atoms with van der Waals surface area (Å²) >= 11 is 0. The van der Waals surface area contributed by atoms with Gasteiger partial charge in [-0.05, 0) is 128 Å². The highest BCUT2D eigenvalue weighted by atomic mass is 16.6. The van der Waals surface area contributed by atoms with Crippen LogP contribution in [0.2, 0.25) is 0 Å². The topological polar surface area (TPSA) is 78.9 Å². The molecule has 0 aliphatic carbocycles. The van der Waals surface area contributed by atoms with Gasteiger partial charge in [-0.1, -0.05) is 239 Å². The van der Waals surface area contributed by atoms with Crippen LogP contribution in [0, 0.1) is 0 Å². The molecule has 0 radical (unpaired) electrons. The first-order valence-corrected chi connectivity index (χ1v) is 30.4. The summed E-state index contributed by atoms with van der Waals surface area (Å²) in [4.78, 5) is 38.2. The lowest BCUT2D eigenvalue weighted by Crippen LogP contribution is -2.30. The SMILES string of the molecule is CCCCC/C=C\C/C=C\C/C=C\C/C=C\CCCCCC(=O)O[C@@H](COC(=O)CCC/C=C\C/C=C\C/C=C\CCCCCCCC)COC(=O)CCCCCCCCCCC/C=C\C/C=C\CCCCC. The van der Waals surface area contributed by atoms with Crippen molar-refractivity contribution in [1.29, 1.82) is 0 Å². The van der Waals surface area contributed by atoms with Gasteiger partial charge in [-0.25, -0.2) is 0 Å². The maximum absolute atomic E-state index is 12.9. The quantitative estimate of drug-likeness (QED) is 0.0261. The van der Waals surface area contributed by atoms with Gasteiger partial charge in [0.2, 0.25) is 0 Å². The Kier molecular flexibility index (Phi) is 57.4. The first-order valence-electron chi connectivity index (χ1n) is 30.4. The normalized spacial score (nSPS) is 12.9. The van der Waals surface area contributed by atoms with E-state index in [-0.39, 0.29) is 44.0 Å². The molecule has 0 fully saturated rings. The molecule has 0 aromatic rings. The van der Waals surface area contributed by atoms with Crippen LogP contribution in [0.15, 0.2) is 109 Å². The minimum absolute atomic E-state index is 0.110. The van der Waals surface area contributed by atoms with Crippen LogP contribution in [0.1, 0.15) is 278 Å². The number of carbonyl (C=O) groups is 3. The van der Waals surface area contributed by atoms with Crippen LogP contribution in [-0.2, 0) is 28.6 Å². The molecule has 0 amide bonds. The fourth-order valence-electron chi connectivity index (χ4n) is 8.12. The lowest BCUT2D eigenvalue weighted by atomic mass is 10.1. The third-order valence-corrected chi connectivity index (χ3v) is 12.7. The van der Waals surface area contributed by atoms with Crippen molar-refractivity contribution >= 4 is 17.9 Å². The molecule has 6 heteroatoms. The number of unbranched alkanes of at least 4 members (excludes halogenated alkanes) is 25. The fourth-order valence-corrected chi connectivity index (χ4v) is 8.12. The summed E-state index contributed by atoms with van der Waals surface area (Å²) in [6.45, 7) is 6.52. The Labute approximate surface area is 450 Å².